The predicted molar refractivity (Wildman–Crippen MR) is 95.8 cm³/mol. The number of ether oxygens (including phenoxy) is 1. The molecule has 0 N–H and O–H groups in total. The van der Waals surface area contributed by atoms with Gasteiger partial charge >= 0.3 is 6.09 Å². The zero-order chi connectivity index (χ0) is 18.0. The Morgan fingerprint density at radius 3 is 2.68 bits per heavy atom. The van der Waals surface area contributed by atoms with Crippen LogP contribution >= 0.6 is 0 Å². The minimum absolute atomic E-state index is 0.127. The van der Waals surface area contributed by atoms with Crippen LogP contribution in [0, 0.1) is 5.92 Å². The summed E-state index contributed by atoms with van der Waals surface area (Å²) in [5.74, 6) is 0.100. The number of benzene rings is 1. The highest BCUT2D eigenvalue weighted by Crippen LogP contribution is 2.23. The molecule has 0 saturated carbocycles. The predicted octanol–water partition coefficient (Wildman–Crippen LogP) is 2.97. The molecule has 1 aromatic carbocycles. The average molecular weight is 345 g/mol. The third-order valence-electron chi connectivity index (χ3n) is 5.24. The van der Waals surface area contributed by atoms with Crippen LogP contribution in [0.4, 0.5) is 4.79 Å². The SMILES string of the molecule is CC(C)CC(=O)N1C(=O)OC[C@@H]1Cc1cccc(C[N+]2(C)CCC2)c1. The molecule has 2 heterocycles. The van der Waals surface area contributed by atoms with Gasteiger partial charge in [-0.1, -0.05) is 38.1 Å². The first-order chi connectivity index (χ1) is 11.9. The first kappa shape index (κ1) is 17.9. The summed E-state index contributed by atoms with van der Waals surface area (Å²) in [6.45, 7) is 7.79. The van der Waals surface area contributed by atoms with E-state index in [2.05, 4.69) is 31.3 Å². The largest absolute Gasteiger partial charge is 0.447 e. The van der Waals surface area contributed by atoms with Gasteiger partial charge in [0, 0.05) is 18.4 Å². The number of quaternary nitrogens is 1. The Labute approximate surface area is 150 Å². The number of imide groups is 1. The fourth-order valence-electron chi connectivity index (χ4n) is 3.79. The highest BCUT2D eigenvalue weighted by molar-refractivity contribution is 5.93. The van der Waals surface area contributed by atoms with Gasteiger partial charge in [-0.25, -0.2) is 9.69 Å². The Morgan fingerprint density at radius 2 is 2.04 bits per heavy atom. The molecular formula is C20H29N2O3+. The van der Waals surface area contributed by atoms with Crippen LogP contribution in [0.25, 0.3) is 0 Å². The number of amides is 2. The molecule has 0 aliphatic carbocycles. The summed E-state index contributed by atoms with van der Waals surface area (Å²) in [6.07, 6.45) is 1.85. The number of hydrogen-bond acceptors (Lipinski definition) is 3. The third-order valence-corrected chi connectivity index (χ3v) is 5.24. The molecule has 2 amide bonds. The molecule has 1 aromatic rings. The monoisotopic (exact) mass is 345 g/mol. The molecule has 0 aromatic heterocycles. The Morgan fingerprint density at radius 1 is 1.32 bits per heavy atom. The number of rotatable bonds is 6. The lowest BCUT2D eigenvalue weighted by Crippen LogP contribution is -2.53. The number of likely N-dealkylation sites (tertiary alicyclic amines) is 1. The van der Waals surface area contributed by atoms with Crippen molar-refractivity contribution in [1.29, 1.82) is 0 Å². The zero-order valence-corrected chi connectivity index (χ0v) is 15.5. The third kappa shape index (κ3) is 4.21. The fraction of sp³-hybridized carbons (Fsp3) is 0.600. The van der Waals surface area contributed by atoms with Gasteiger partial charge in [0.05, 0.1) is 26.2 Å². The summed E-state index contributed by atoms with van der Waals surface area (Å²) in [7, 11) is 2.30. The minimum Gasteiger partial charge on any atom is -0.447 e. The highest BCUT2D eigenvalue weighted by Gasteiger charge is 2.38. The van der Waals surface area contributed by atoms with E-state index in [1.807, 2.05) is 13.8 Å². The van der Waals surface area contributed by atoms with Crippen LogP contribution in [0.15, 0.2) is 24.3 Å². The van der Waals surface area contributed by atoms with Gasteiger partial charge in [-0.3, -0.25) is 4.79 Å². The van der Waals surface area contributed by atoms with E-state index in [1.54, 1.807) is 0 Å². The van der Waals surface area contributed by atoms with E-state index < -0.39 is 6.09 Å². The van der Waals surface area contributed by atoms with E-state index in [4.69, 9.17) is 4.74 Å². The van der Waals surface area contributed by atoms with Gasteiger partial charge in [0.1, 0.15) is 13.2 Å². The summed E-state index contributed by atoms with van der Waals surface area (Å²) in [5, 5.41) is 0. The topological polar surface area (TPSA) is 46.6 Å². The van der Waals surface area contributed by atoms with Crippen LogP contribution in [0.2, 0.25) is 0 Å². The van der Waals surface area contributed by atoms with Crippen LogP contribution < -0.4 is 0 Å². The summed E-state index contributed by atoms with van der Waals surface area (Å²) in [6, 6.07) is 8.35. The second-order valence-corrected chi connectivity index (χ2v) is 8.19. The number of nitrogens with zero attached hydrogens (tertiary/aromatic N) is 2. The maximum absolute atomic E-state index is 12.4. The smallest absolute Gasteiger partial charge is 0.416 e. The summed E-state index contributed by atoms with van der Waals surface area (Å²) >= 11 is 0. The minimum atomic E-state index is -0.495. The lowest BCUT2D eigenvalue weighted by atomic mass is 10.0. The number of carbonyl (C=O) groups excluding carboxylic acids is 2. The second-order valence-electron chi connectivity index (χ2n) is 8.19. The molecular weight excluding hydrogens is 316 g/mol. The van der Waals surface area contributed by atoms with Gasteiger partial charge in [0.25, 0.3) is 0 Å². The van der Waals surface area contributed by atoms with Crippen molar-refractivity contribution >= 4 is 12.0 Å². The molecule has 1 atom stereocenters. The first-order valence-corrected chi connectivity index (χ1v) is 9.26. The van der Waals surface area contributed by atoms with Crippen molar-refractivity contribution in [3.8, 4) is 0 Å². The average Bonchev–Trinajstić information content (AvgIpc) is 2.86. The second kappa shape index (κ2) is 7.16. The molecule has 0 radical (unpaired) electrons. The van der Waals surface area contributed by atoms with Gasteiger partial charge < -0.3 is 9.22 Å². The van der Waals surface area contributed by atoms with Crippen molar-refractivity contribution in [2.45, 2.75) is 45.7 Å². The fourth-order valence-corrected chi connectivity index (χ4v) is 3.79. The molecule has 136 valence electrons. The van der Waals surface area contributed by atoms with Gasteiger partial charge in [-0.2, -0.15) is 0 Å². The van der Waals surface area contributed by atoms with Crippen LogP contribution in [0.5, 0.6) is 0 Å². The van der Waals surface area contributed by atoms with E-state index in [0.717, 1.165) is 16.6 Å². The van der Waals surface area contributed by atoms with Gasteiger partial charge in [0.2, 0.25) is 5.91 Å². The zero-order valence-electron chi connectivity index (χ0n) is 15.5. The normalized spacial score (nSPS) is 22.0. The molecule has 0 unspecified atom stereocenters. The molecule has 3 rings (SSSR count). The maximum atomic E-state index is 12.4. The number of cyclic esters (lactones) is 1. The van der Waals surface area contributed by atoms with Crippen molar-refractivity contribution in [2.24, 2.45) is 5.92 Å². The van der Waals surface area contributed by atoms with E-state index >= 15 is 0 Å². The Kier molecular flexibility index (Phi) is 5.13. The van der Waals surface area contributed by atoms with Crippen LogP contribution in [-0.4, -0.2) is 54.2 Å². The van der Waals surface area contributed by atoms with Crippen molar-refractivity contribution in [2.75, 3.05) is 26.7 Å². The number of carbonyl (C=O) groups is 2. The first-order valence-electron chi connectivity index (χ1n) is 9.26. The Bertz CT molecular complexity index is 652. The quantitative estimate of drug-likeness (QED) is 0.745. The highest BCUT2D eigenvalue weighted by atomic mass is 16.6. The summed E-state index contributed by atoms with van der Waals surface area (Å²) < 4.78 is 6.26. The van der Waals surface area contributed by atoms with Crippen molar-refractivity contribution < 1.29 is 18.8 Å². The van der Waals surface area contributed by atoms with Gasteiger partial charge in [-0.05, 0) is 17.9 Å². The van der Waals surface area contributed by atoms with E-state index in [9.17, 15) is 9.59 Å². The van der Waals surface area contributed by atoms with Gasteiger partial charge in [-0.15, -0.1) is 0 Å². The Balaban J connectivity index is 1.68. The lowest BCUT2D eigenvalue weighted by Gasteiger charge is -2.42. The summed E-state index contributed by atoms with van der Waals surface area (Å²) in [4.78, 5) is 25.7. The van der Waals surface area contributed by atoms with Gasteiger partial charge in [0.15, 0.2) is 0 Å². The molecule has 2 aliphatic rings. The molecule has 2 aliphatic heterocycles. The summed E-state index contributed by atoms with van der Waals surface area (Å²) in [5.41, 5.74) is 2.49. The van der Waals surface area contributed by atoms with E-state index in [1.165, 1.54) is 30.0 Å². The molecule has 2 saturated heterocycles. The van der Waals surface area contributed by atoms with Crippen molar-refractivity contribution in [3.05, 3.63) is 35.4 Å². The molecule has 5 heteroatoms. The van der Waals surface area contributed by atoms with Crippen LogP contribution in [0.3, 0.4) is 0 Å². The Hall–Kier alpha value is -1.88. The standard InChI is InChI=1S/C20H29N2O3/c1-15(2)10-19(23)21-18(14-25-20(21)24)12-16-6-4-7-17(11-16)13-22(3)8-5-9-22/h4,6-7,11,15,18H,5,8-10,12-14H2,1-3H3/q+1/t18-/m0/s1. The molecule has 0 spiro atoms. The maximum Gasteiger partial charge on any atom is 0.416 e. The number of hydrogen-bond donors (Lipinski definition) is 0. The van der Waals surface area contributed by atoms with Crippen LogP contribution in [-0.2, 0) is 22.5 Å². The molecule has 0 bridgehead atoms. The molecule has 5 nitrogen and oxygen atoms in total. The van der Waals surface area contributed by atoms with Crippen molar-refractivity contribution in [3.63, 3.8) is 0 Å². The lowest BCUT2D eigenvalue weighted by molar-refractivity contribution is -0.958. The van der Waals surface area contributed by atoms with E-state index in [-0.39, 0.29) is 17.9 Å². The molecule has 2 fully saturated rings. The van der Waals surface area contributed by atoms with Crippen LogP contribution in [0.1, 0.15) is 37.8 Å². The van der Waals surface area contributed by atoms with E-state index in [0.29, 0.717) is 19.4 Å². The van der Waals surface area contributed by atoms with Crippen molar-refractivity contribution in [1.82, 2.24) is 4.90 Å². The molecule has 25 heavy (non-hydrogen) atoms.